The largest absolute Gasteiger partial charge is 0.273 e. The van der Waals surface area contributed by atoms with Crippen LogP contribution in [0.1, 0.15) is 11.6 Å². The summed E-state index contributed by atoms with van der Waals surface area (Å²) >= 11 is 3.43. The van der Waals surface area contributed by atoms with Crippen LogP contribution in [0.2, 0.25) is 0 Å². The number of hydrogen-bond acceptors (Lipinski definition) is 4. The Morgan fingerprint density at radius 2 is 1.24 bits per heavy atom. The fourth-order valence-corrected chi connectivity index (χ4v) is 5.98. The first kappa shape index (κ1) is 22.2. The number of halogens is 1. The topological polar surface area (TPSA) is 49.9 Å². The zero-order valence-corrected chi connectivity index (χ0v) is 21.2. The molecular formula is C31H21BrN2O3. The minimum absolute atomic E-state index is 0.252. The molecule has 2 aliphatic rings. The first-order valence-electron chi connectivity index (χ1n) is 12.2. The molecule has 3 unspecified atom stereocenters. The van der Waals surface area contributed by atoms with E-state index in [0.717, 1.165) is 37.3 Å². The molecule has 2 fully saturated rings. The molecular weight excluding hydrogens is 528 g/mol. The Labute approximate surface area is 221 Å². The maximum Gasteiger partial charge on any atom is 0.266 e. The van der Waals surface area contributed by atoms with Crippen LogP contribution in [0.3, 0.4) is 0 Å². The lowest BCUT2D eigenvalue weighted by atomic mass is 9.84. The maximum absolute atomic E-state index is 14.1. The molecule has 7 rings (SSSR count). The van der Waals surface area contributed by atoms with Crippen molar-refractivity contribution >= 4 is 60.7 Å². The monoisotopic (exact) mass is 548 g/mol. The van der Waals surface area contributed by atoms with Crippen molar-refractivity contribution in [3.8, 4) is 0 Å². The number of fused-ring (bicyclic) bond motifs is 3. The fourth-order valence-electron chi connectivity index (χ4n) is 5.72. The molecule has 6 heteroatoms. The van der Waals surface area contributed by atoms with Crippen LogP contribution in [0.25, 0.3) is 21.5 Å². The van der Waals surface area contributed by atoms with Gasteiger partial charge in [0.15, 0.2) is 6.10 Å². The van der Waals surface area contributed by atoms with E-state index in [0.29, 0.717) is 5.69 Å². The molecule has 0 saturated carbocycles. The highest BCUT2D eigenvalue weighted by Gasteiger charge is 2.60. The fraction of sp³-hybridized carbons (Fsp3) is 0.0968. The average Bonchev–Trinajstić information content (AvgIpc) is 3.44. The van der Waals surface area contributed by atoms with Crippen LogP contribution < -0.4 is 9.96 Å². The molecule has 2 amide bonds. The van der Waals surface area contributed by atoms with Gasteiger partial charge in [-0.15, -0.1) is 0 Å². The Balaban J connectivity index is 1.47. The lowest BCUT2D eigenvalue weighted by molar-refractivity contribution is -0.126. The van der Waals surface area contributed by atoms with Gasteiger partial charge in [-0.2, -0.15) is 0 Å². The summed E-state index contributed by atoms with van der Waals surface area (Å²) in [7, 11) is 0. The molecule has 2 heterocycles. The summed E-state index contributed by atoms with van der Waals surface area (Å²) in [5.74, 6) is -1.30. The molecule has 0 N–H and O–H groups in total. The van der Waals surface area contributed by atoms with Crippen LogP contribution in [-0.2, 0) is 14.4 Å². The maximum atomic E-state index is 14.1. The molecule has 0 radical (unpaired) electrons. The zero-order chi connectivity index (χ0) is 25.1. The molecule has 5 aromatic rings. The average molecular weight is 549 g/mol. The second kappa shape index (κ2) is 8.54. The quantitative estimate of drug-likeness (QED) is 0.183. The van der Waals surface area contributed by atoms with Crippen LogP contribution in [0.5, 0.6) is 0 Å². The Morgan fingerprint density at radius 3 is 1.89 bits per heavy atom. The summed E-state index contributed by atoms with van der Waals surface area (Å²) in [4.78, 5) is 35.5. The number of hydroxylamine groups is 1. The predicted octanol–water partition coefficient (Wildman–Crippen LogP) is 6.81. The number of rotatable bonds is 3. The summed E-state index contributed by atoms with van der Waals surface area (Å²) < 4.78 is 0.877. The van der Waals surface area contributed by atoms with Crippen molar-refractivity contribution < 1.29 is 14.4 Å². The van der Waals surface area contributed by atoms with Crippen molar-refractivity contribution in [1.29, 1.82) is 0 Å². The highest BCUT2D eigenvalue weighted by atomic mass is 79.9. The van der Waals surface area contributed by atoms with Crippen molar-refractivity contribution in [2.45, 2.75) is 12.1 Å². The third-order valence-corrected chi connectivity index (χ3v) is 7.85. The molecule has 5 aromatic carbocycles. The summed E-state index contributed by atoms with van der Waals surface area (Å²) in [6.45, 7) is 0. The highest BCUT2D eigenvalue weighted by Crippen LogP contribution is 2.50. The number of benzene rings is 5. The Morgan fingerprint density at radius 1 is 0.649 bits per heavy atom. The Hall–Kier alpha value is -4.00. The third kappa shape index (κ3) is 3.40. The van der Waals surface area contributed by atoms with Gasteiger partial charge in [-0.1, -0.05) is 82.7 Å². The summed E-state index contributed by atoms with van der Waals surface area (Å²) in [5, 5.41) is 6.01. The van der Waals surface area contributed by atoms with E-state index in [9.17, 15) is 9.59 Å². The standard InChI is InChI=1S/C31H21BrN2O3/c32-21-14-16-22(17-15-21)33-30(35)27-28(34(37-29(27)31(33)36)23-10-2-1-3-11-23)26-24-12-6-4-8-19(24)18-20-9-5-7-13-25(20)26/h1-18,27-29H. The molecule has 0 aromatic heterocycles. The lowest BCUT2D eigenvalue weighted by Crippen LogP contribution is -2.37. The summed E-state index contributed by atoms with van der Waals surface area (Å²) in [5.41, 5.74) is 2.34. The van der Waals surface area contributed by atoms with Crippen molar-refractivity contribution in [3.05, 3.63) is 119 Å². The number of carbonyl (C=O) groups is 2. The molecule has 2 aliphatic heterocycles. The van der Waals surface area contributed by atoms with E-state index < -0.39 is 18.1 Å². The van der Waals surface area contributed by atoms with Gasteiger partial charge in [-0.25, -0.2) is 9.96 Å². The van der Waals surface area contributed by atoms with Gasteiger partial charge in [0.25, 0.3) is 5.91 Å². The predicted molar refractivity (Wildman–Crippen MR) is 148 cm³/mol. The molecule has 37 heavy (non-hydrogen) atoms. The number of amides is 2. The number of anilines is 2. The van der Waals surface area contributed by atoms with Gasteiger partial charge in [0.05, 0.1) is 17.4 Å². The van der Waals surface area contributed by atoms with E-state index in [1.807, 2.05) is 66.7 Å². The van der Waals surface area contributed by atoms with Crippen LogP contribution in [0, 0.1) is 5.92 Å². The number of imide groups is 1. The molecule has 0 bridgehead atoms. The number of nitrogens with zero attached hydrogens (tertiary/aromatic N) is 2. The van der Waals surface area contributed by atoms with Crippen LogP contribution >= 0.6 is 15.9 Å². The second-order valence-corrected chi connectivity index (χ2v) is 10.3. The summed E-state index contributed by atoms with van der Waals surface area (Å²) in [6, 6.07) is 35.0. The van der Waals surface area contributed by atoms with Gasteiger partial charge in [-0.05, 0) is 69.6 Å². The molecule has 0 spiro atoms. The van der Waals surface area contributed by atoms with Crippen LogP contribution in [0.15, 0.2) is 114 Å². The first-order valence-corrected chi connectivity index (χ1v) is 13.0. The molecule has 3 atom stereocenters. The summed E-state index contributed by atoms with van der Waals surface area (Å²) in [6.07, 6.45) is -0.918. The number of hydrogen-bond donors (Lipinski definition) is 0. The van der Waals surface area contributed by atoms with E-state index in [4.69, 9.17) is 4.84 Å². The van der Waals surface area contributed by atoms with Crippen molar-refractivity contribution in [2.24, 2.45) is 5.92 Å². The minimum atomic E-state index is -0.918. The van der Waals surface area contributed by atoms with Crippen molar-refractivity contribution in [1.82, 2.24) is 0 Å². The van der Waals surface area contributed by atoms with Gasteiger partial charge in [-0.3, -0.25) is 14.4 Å². The van der Waals surface area contributed by atoms with Gasteiger partial charge < -0.3 is 0 Å². The molecule has 2 saturated heterocycles. The van der Waals surface area contributed by atoms with Crippen molar-refractivity contribution in [2.75, 3.05) is 9.96 Å². The lowest BCUT2D eigenvalue weighted by Gasteiger charge is -2.30. The van der Waals surface area contributed by atoms with E-state index >= 15 is 0 Å². The Kier molecular flexibility index (Phi) is 5.13. The highest BCUT2D eigenvalue weighted by molar-refractivity contribution is 9.10. The van der Waals surface area contributed by atoms with E-state index in [1.54, 1.807) is 17.2 Å². The smallest absolute Gasteiger partial charge is 0.266 e. The normalized spacial score (nSPS) is 21.3. The van der Waals surface area contributed by atoms with Gasteiger partial charge in [0.1, 0.15) is 5.92 Å². The number of para-hydroxylation sites is 1. The first-order chi connectivity index (χ1) is 18.1. The SMILES string of the molecule is O=C1C2ON(c3ccccc3)C(c3c4ccccc4cc4ccccc34)C2C(=O)N1c1ccc(Br)cc1. The minimum Gasteiger partial charge on any atom is -0.273 e. The van der Waals surface area contributed by atoms with E-state index in [1.165, 1.54) is 4.90 Å². The van der Waals surface area contributed by atoms with Gasteiger partial charge in [0.2, 0.25) is 5.91 Å². The van der Waals surface area contributed by atoms with Gasteiger partial charge in [0, 0.05) is 4.47 Å². The number of carbonyl (C=O) groups excluding carboxylic acids is 2. The van der Waals surface area contributed by atoms with Crippen LogP contribution in [0.4, 0.5) is 11.4 Å². The van der Waals surface area contributed by atoms with E-state index in [2.05, 4.69) is 46.3 Å². The van der Waals surface area contributed by atoms with Crippen LogP contribution in [-0.4, -0.2) is 17.9 Å². The molecule has 5 nitrogen and oxygen atoms in total. The zero-order valence-electron chi connectivity index (χ0n) is 19.6. The Bertz CT molecular complexity index is 1630. The molecule has 0 aliphatic carbocycles. The second-order valence-electron chi connectivity index (χ2n) is 9.38. The van der Waals surface area contributed by atoms with Crippen molar-refractivity contribution in [3.63, 3.8) is 0 Å². The van der Waals surface area contributed by atoms with Gasteiger partial charge >= 0.3 is 0 Å². The third-order valence-electron chi connectivity index (χ3n) is 7.32. The molecule has 180 valence electrons. The van der Waals surface area contributed by atoms with E-state index in [-0.39, 0.29) is 11.8 Å².